The number of hydrogen-bond acceptors (Lipinski definition) is 6. The van der Waals surface area contributed by atoms with Crippen molar-refractivity contribution in [2.75, 3.05) is 37.8 Å². The van der Waals surface area contributed by atoms with Gasteiger partial charge >= 0.3 is 0 Å². The largest absolute Gasteiger partial charge is 0.384 e. The zero-order chi connectivity index (χ0) is 18.7. The van der Waals surface area contributed by atoms with Gasteiger partial charge in [-0.25, -0.2) is 15.0 Å². The number of nitrogens with zero attached hydrogens (tertiary/aromatic N) is 5. The average molecular weight is 354 g/mol. The van der Waals surface area contributed by atoms with E-state index in [2.05, 4.69) is 19.9 Å². The van der Waals surface area contributed by atoms with Gasteiger partial charge in [-0.3, -0.25) is 4.79 Å². The third-order valence-electron chi connectivity index (χ3n) is 4.97. The molecule has 0 saturated carbocycles. The van der Waals surface area contributed by atoms with Crippen molar-refractivity contribution in [3.63, 3.8) is 0 Å². The first kappa shape index (κ1) is 18.1. The lowest BCUT2D eigenvalue weighted by Gasteiger charge is -2.34. The lowest BCUT2D eigenvalue weighted by molar-refractivity contribution is -0.129. The fourth-order valence-corrected chi connectivity index (χ4v) is 3.37. The average Bonchev–Trinajstić information content (AvgIpc) is 2.63. The number of carbonyl (C=O) groups is 1. The predicted octanol–water partition coefficient (Wildman–Crippen LogP) is 2.12. The van der Waals surface area contributed by atoms with Crippen molar-refractivity contribution in [2.45, 2.75) is 26.2 Å². The van der Waals surface area contributed by atoms with Gasteiger partial charge in [0, 0.05) is 50.9 Å². The third-order valence-corrected chi connectivity index (χ3v) is 4.97. The van der Waals surface area contributed by atoms with Gasteiger partial charge < -0.3 is 15.5 Å². The molecular formula is C19H26N6O. The van der Waals surface area contributed by atoms with Crippen LogP contribution in [0, 0.1) is 12.8 Å². The lowest BCUT2D eigenvalue weighted by atomic mass is 9.92. The number of carbonyl (C=O) groups excluding carboxylic acids is 1. The van der Waals surface area contributed by atoms with E-state index in [9.17, 15) is 4.79 Å². The number of rotatable bonds is 4. The van der Waals surface area contributed by atoms with Gasteiger partial charge in [0.2, 0.25) is 5.91 Å². The van der Waals surface area contributed by atoms with Gasteiger partial charge in [-0.05, 0) is 37.8 Å². The molecule has 1 fully saturated rings. The Kier molecular flexibility index (Phi) is 5.35. The molecule has 0 aromatic carbocycles. The van der Waals surface area contributed by atoms with E-state index in [0.717, 1.165) is 48.6 Å². The normalized spacial score (nSPS) is 15.1. The van der Waals surface area contributed by atoms with Gasteiger partial charge in [-0.15, -0.1) is 0 Å². The number of aromatic nitrogens is 3. The summed E-state index contributed by atoms with van der Waals surface area (Å²) < 4.78 is 0. The minimum absolute atomic E-state index is 0.204. The molecular weight excluding hydrogens is 328 g/mol. The standard InChI is InChI=1S/C19H26N6O/c1-13-18(15-4-5-16(20)21-11-15)19(23-12-22-13)25-8-6-14(7-9-25)10-17(26)24(2)3/h4-5,11-12,14H,6-10H2,1-3H3,(H2,20,21). The smallest absolute Gasteiger partial charge is 0.222 e. The molecule has 0 radical (unpaired) electrons. The molecule has 1 aliphatic heterocycles. The summed E-state index contributed by atoms with van der Waals surface area (Å²) in [6.07, 6.45) is 5.98. The molecule has 0 spiro atoms. The number of nitrogens with two attached hydrogens (primary N) is 1. The summed E-state index contributed by atoms with van der Waals surface area (Å²) in [5, 5.41) is 0. The second-order valence-corrected chi connectivity index (χ2v) is 7.05. The fraction of sp³-hybridized carbons (Fsp3) is 0.474. The molecule has 0 bridgehead atoms. The molecule has 3 heterocycles. The Morgan fingerprint density at radius 2 is 1.96 bits per heavy atom. The fourth-order valence-electron chi connectivity index (χ4n) is 3.37. The highest BCUT2D eigenvalue weighted by Crippen LogP contribution is 2.33. The van der Waals surface area contributed by atoms with Crippen molar-refractivity contribution >= 4 is 17.5 Å². The summed E-state index contributed by atoms with van der Waals surface area (Å²) in [6.45, 7) is 3.76. The van der Waals surface area contributed by atoms with Crippen LogP contribution in [-0.4, -0.2) is 52.9 Å². The maximum atomic E-state index is 11.9. The van der Waals surface area contributed by atoms with Crippen LogP contribution in [0.5, 0.6) is 0 Å². The van der Waals surface area contributed by atoms with Crippen LogP contribution in [-0.2, 0) is 4.79 Å². The van der Waals surface area contributed by atoms with Crippen molar-refractivity contribution in [3.05, 3.63) is 30.4 Å². The van der Waals surface area contributed by atoms with Crippen LogP contribution in [0.2, 0.25) is 0 Å². The summed E-state index contributed by atoms with van der Waals surface area (Å²) in [4.78, 5) is 29.0. The Morgan fingerprint density at radius 1 is 1.23 bits per heavy atom. The Bertz CT molecular complexity index is 766. The molecule has 0 atom stereocenters. The number of piperidine rings is 1. The Balaban J connectivity index is 1.78. The summed E-state index contributed by atoms with van der Waals surface area (Å²) in [7, 11) is 3.63. The zero-order valence-electron chi connectivity index (χ0n) is 15.6. The molecule has 2 aromatic heterocycles. The minimum Gasteiger partial charge on any atom is -0.384 e. The molecule has 7 heteroatoms. The molecule has 2 aromatic rings. The molecule has 1 saturated heterocycles. The second kappa shape index (κ2) is 7.68. The number of anilines is 2. The van der Waals surface area contributed by atoms with Crippen LogP contribution in [0.3, 0.4) is 0 Å². The molecule has 0 unspecified atom stereocenters. The quantitative estimate of drug-likeness (QED) is 0.905. The van der Waals surface area contributed by atoms with Gasteiger partial charge in [0.05, 0.1) is 5.69 Å². The Labute approximate surface area is 154 Å². The van der Waals surface area contributed by atoms with Crippen molar-refractivity contribution in [3.8, 4) is 11.1 Å². The van der Waals surface area contributed by atoms with E-state index in [1.165, 1.54) is 0 Å². The maximum absolute atomic E-state index is 11.9. The third kappa shape index (κ3) is 3.92. The van der Waals surface area contributed by atoms with Crippen LogP contribution >= 0.6 is 0 Å². The molecule has 138 valence electrons. The van der Waals surface area contributed by atoms with Gasteiger partial charge in [-0.1, -0.05) is 0 Å². The topological polar surface area (TPSA) is 88.2 Å². The van der Waals surface area contributed by atoms with Crippen LogP contribution in [0.25, 0.3) is 11.1 Å². The Morgan fingerprint density at radius 3 is 2.58 bits per heavy atom. The summed E-state index contributed by atoms with van der Waals surface area (Å²) >= 11 is 0. The first-order chi connectivity index (χ1) is 12.5. The van der Waals surface area contributed by atoms with E-state index in [1.54, 1.807) is 23.5 Å². The first-order valence-electron chi connectivity index (χ1n) is 8.94. The number of aryl methyl sites for hydroxylation is 1. The van der Waals surface area contributed by atoms with Crippen molar-refractivity contribution in [1.82, 2.24) is 19.9 Å². The summed E-state index contributed by atoms with van der Waals surface area (Å²) in [6, 6.07) is 3.75. The molecule has 1 aliphatic rings. The van der Waals surface area contributed by atoms with E-state index in [-0.39, 0.29) is 5.91 Å². The van der Waals surface area contributed by atoms with Crippen LogP contribution in [0.15, 0.2) is 24.7 Å². The lowest BCUT2D eigenvalue weighted by Crippen LogP contribution is -2.36. The summed E-state index contributed by atoms with van der Waals surface area (Å²) in [5.41, 5.74) is 8.61. The van der Waals surface area contributed by atoms with E-state index in [4.69, 9.17) is 5.73 Å². The highest BCUT2D eigenvalue weighted by molar-refractivity contribution is 5.78. The van der Waals surface area contributed by atoms with Gasteiger partial charge in [0.1, 0.15) is 18.0 Å². The van der Waals surface area contributed by atoms with Crippen molar-refractivity contribution < 1.29 is 4.79 Å². The molecule has 0 aliphatic carbocycles. The SMILES string of the molecule is Cc1ncnc(N2CCC(CC(=O)N(C)C)CC2)c1-c1ccc(N)nc1. The van der Waals surface area contributed by atoms with Gasteiger partial charge in [-0.2, -0.15) is 0 Å². The highest BCUT2D eigenvalue weighted by atomic mass is 16.2. The van der Waals surface area contributed by atoms with E-state index in [1.807, 2.05) is 27.1 Å². The second-order valence-electron chi connectivity index (χ2n) is 7.05. The van der Waals surface area contributed by atoms with Gasteiger partial charge in [0.25, 0.3) is 0 Å². The number of pyridine rings is 1. The molecule has 26 heavy (non-hydrogen) atoms. The number of amides is 1. The van der Waals surface area contributed by atoms with Gasteiger partial charge in [0.15, 0.2) is 0 Å². The van der Waals surface area contributed by atoms with Crippen molar-refractivity contribution in [1.29, 1.82) is 0 Å². The van der Waals surface area contributed by atoms with E-state index in [0.29, 0.717) is 18.2 Å². The van der Waals surface area contributed by atoms with Crippen LogP contribution in [0.4, 0.5) is 11.6 Å². The maximum Gasteiger partial charge on any atom is 0.222 e. The number of nitrogen functional groups attached to an aromatic ring is 1. The highest BCUT2D eigenvalue weighted by Gasteiger charge is 2.25. The molecule has 7 nitrogen and oxygen atoms in total. The van der Waals surface area contributed by atoms with E-state index < -0.39 is 0 Å². The molecule has 1 amide bonds. The summed E-state index contributed by atoms with van der Waals surface area (Å²) in [5.74, 6) is 2.07. The van der Waals surface area contributed by atoms with Crippen LogP contribution < -0.4 is 10.6 Å². The van der Waals surface area contributed by atoms with Crippen molar-refractivity contribution in [2.24, 2.45) is 5.92 Å². The zero-order valence-corrected chi connectivity index (χ0v) is 15.6. The number of hydrogen-bond donors (Lipinski definition) is 1. The predicted molar refractivity (Wildman–Crippen MR) is 103 cm³/mol. The molecule has 3 rings (SSSR count). The molecule has 2 N–H and O–H groups in total. The Hall–Kier alpha value is -2.70. The van der Waals surface area contributed by atoms with Crippen LogP contribution in [0.1, 0.15) is 25.0 Å². The minimum atomic E-state index is 0.204. The van der Waals surface area contributed by atoms with E-state index >= 15 is 0 Å². The monoisotopic (exact) mass is 354 g/mol. The first-order valence-corrected chi connectivity index (χ1v) is 8.94.